The van der Waals surface area contributed by atoms with Gasteiger partial charge in [-0.05, 0) is 24.1 Å². The van der Waals surface area contributed by atoms with Crippen molar-refractivity contribution < 1.29 is 13.5 Å². The summed E-state index contributed by atoms with van der Waals surface area (Å²) in [4.78, 5) is 4.12. The lowest BCUT2D eigenvalue weighted by atomic mass is 10.2. The number of guanidine groups is 1. The highest BCUT2D eigenvalue weighted by molar-refractivity contribution is 5.79. The first-order valence-electron chi connectivity index (χ1n) is 5.85. The Hall–Kier alpha value is -1.73. The molecule has 0 aromatic heterocycles. The van der Waals surface area contributed by atoms with E-state index in [2.05, 4.69) is 15.7 Å². The lowest BCUT2D eigenvalue weighted by Gasteiger charge is -2.08. The minimum atomic E-state index is -0.886. The van der Waals surface area contributed by atoms with Crippen molar-refractivity contribution in [3.05, 3.63) is 35.4 Å². The Bertz CT molecular complexity index is 426. The fourth-order valence-electron chi connectivity index (χ4n) is 1.38. The van der Waals surface area contributed by atoms with Crippen LogP contribution in [0.25, 0.3) is 0 Å². The summed E-state index contributed by atoms with van der Waals surface area (Å²) >= 11 is 0. The average molecular weight is 272 g/mol. The molecule has 0 fully saturated rings. The first-order chi connectivity index (χ1) is 9.17. The van der Waals surface area contributed by atoms with Crippen LogP contribution in [0.3, 0.4) is 0 Å². The lowest BCUT2D eigenvalue weighted by Crippen LogP contribution is -2.42. The number of aliphatic imine (C=N–C) groups is 1. The largest absolute Gasteiger partial charge is 0.385 e. The van der Waals surface area contributed by atoms with Gasteiger partial charge in [0.15, 0.2) is 11.6 Å². The molecule has 0 heterocycles. The van der Waals surface area contributed by atoms with Gasteiger partial charge in [-0.3, -0.25) is 5.43 Å². The van der Waals surface area contributed by atoms with Crippen LogP contribution in [0.15, 0.2) is 23.2 Å². The zero-order valence-electron chi connectivity index (χ0n) is 10.7. The molecule has 7 heteroatoms. The molecule has 0 aliphatic rings. The van der Waals surface area contributed by atoms with Crippen molar-refractivity contribution in [1.29, 1.82) is 0 Å². The molecule has 0 bridgehead atoms. The summed E-state index contributed by atoms with van der Waals surface area (Å²) in [5, 5.41) is 2.97. The van der Waals surface area contributed by atoms with Crippen LogP contribution in [-0.4, -0.2) is 26.2 Å². The first kappa shape index (κ1) is 15.3. The fraction of sp³-hybridized carbons (Fsp3) is 0.417. The van der Waals surface area contributed by atoms with Crippen molar-refractivity contribution in [1.82, 2.24) is 10.7 Å². The fourth-order valence-corrected chi connectivity index (χ4v) is 1.38. The van der Waals surface area contributed by atoms with Crippen LogP contribution in [0.4, 0.5) is 8.78 Å². The van der Waals surface area contributed by atoms with Gasteiger partial charge in [0.1, 0.15) is 0 Å². The molecule has 0 radical (unpaired) electrons. The topological polar surface area (TPSA) is 71.7 Å². The van der Waals surface area contributed by atoms with Crippen molar-refractivity contribution >= 4 is 5.96 Å². The second kappa shape index (κ2) is 8.39. The quantitative estimate of drug-likeness (QED) is 0.237. The van der Waals surface area contributed by atoms with Crippen LogP contribution < -0.4 is 16.6 Å². The number of rotatable bonds is 6. The van der Waals surface area contributed by atoms with Crippen LogP contribution in [0.5, 0.6) is 0 Å². The van der Waals surface area contributed by atoms with Gasteiger partial charge in [-0.25, -0.2) is 19.6 Å². The molecule has 4 N–H and O–H groups in total. The standard InChI is InChI=1S/C12H18F2N4O/c1-19-6-2-5-16-12(18-15)17-8-9-3-4-10(13)11(14)7-9/h3-4,7H,2,5-6,8,15H2,1H3,(H2,16,17,18). The normalized spacial score (nSPS) is 11.5. The third kappa shape index (κ3) is 5.62. The van der Waals surface area contributed by atoms with E-state index in [9.17, 15) is 8.78 Å². The summed E-state index contributed by atoms with van der Waals surface area (Å²) in [7, 11) is 1.62. The van der Waals surface area contributed by atoms with Gasteiger partial charge in [-0.1, -0.05) is 6.07 Å². The van der Waals surface area contributed by atoms with Crippen molar-refractivity contribution in [2.24, 2.45) is 10.8 Å². The molecule has 5 nitrogen and oxygen atoms in total. The van der Waals surface area contributed by atoms with E-state index in [0.717, 1.165) is 18.6 Å². The molecule has 0 saturated carbocycles. The number of benzene rings is 1. The van der Waals surface area contributed by atoms with E-state index in [-0.39, 0.29) is 6.54 Å². The van der Waals surface area contributed by atoms with Crippen molar-refractivity contribution in [3.8, 4) is 0 Å². The van der Waals surface area contributed by atoms with E-state index in [1.165, 1.54) is 6.07 Å². The molecule has 0 amide bonds. The Balaban J connectivity index is 2.49. The molecule has 0 aliphatic carbocycles. The van der Waals surface area contributed by atoms with Gasteiger partial charge in [0.25, 0.3) is 0 Å². The number of halogens is 2. The molecule has 0 atom stereocenters. The molecule has 1 aromatic rings. The molecule has 1 aromatic carbocycles. The predicted octanol–water partition coefficient (Wildman–Crippen LogP) is 0.910. The average Bonchev–Trinajstić information content (AvgIpc) is 2.42. The number of hydrogen-bond donors (Lipinski definition) is 3. The van der Waals surface area contributed by atoms with Gasteiger partial charge in [0, 0.05) is 20.3 Å². The van der Waals surface area contributed by atoms with Crippen LogP contribution >= 0.6 is 0 Å². The highest BCUT2D eigenvalue weighted by atomic mass is 19.2. The third-order valence-electron chi connectivity index (χ3n) is 2.36. The molecular weight excluding hydrogens is 254 g/mol. The molecule has 0 aliphatic heterocycles. The highest BCUT2D eigenvalue weighted by Gasteiger charge is 2.02. The molecule has 0 unspecified atom stereocenters. The van der Waals surface area contributed by atoms with Gasteiger partial charge in [0.2, 0.25) is 5.96 Å². The third-order valence-corrected chi connectivity index (χ3v) is 2.36. The van der Waals surface area contributed by atoms with E-state index in [0.29, 0.717) is 24.7 Å². The number of methoxy groups -OCH3 is 1. The van der Waals surface area contributed by atoms with E-state index >= 15 is 0 Å². The van der Waals surface area contributed by atoms with E-state index in [1.54, 1.807) is 7.11 Å². The number of nitrogens with zero attached hydrogens (tertiary/aromatic N) is 1. The summed E-state index contributed by atoms with van der Waals surface area (Å²) in [6.07, 6.45) is 0.808. The maximum Gasteiger partial charge on any atom is 0.206 e. The first-order valence-corrected chi connectivity index (χ1v) is 5.85. The van der Waals surface area contributed by atoms with Gasteiger partial charge >= 0.3 is 0 Å². The Morgan fingerprint density at radius 3 is 2.79 bits per heavy atom. The number of ether oxygens (including phenoxy) is 1. The summed E-state index contributed by atoms with van der Waals surface area (Å²) in [5.74, 6) is 3.93. The van der Waals surface area contributed by atoms with Crippen LogP contribution in [-0.2, 0) is 11.3 Å². The van der Waals surface area contributed by atoms with Crippen LogP contribution in [0.1, 0.15) is 12.0 Å². The number of hydrogen-bond acceptors (Lipinski definition) is 3. The minimum absolute atomic E-state index is 0.202. The van der Waals surface area contributed by atoms with Crippen LogP contribution in [0.2, 0.25) is 0 Å². The molecule has 106 valence electrons. The molecule has 1 rings (SSSR count). The Morgan fingerprint density at radius 2 is 2.16 bits per heavy atom. The highest BCUT2D eigenvalue weighted by Crippen LogP contribution is 2.09. The predicted molar refractivity (Wildman–Crippen MR) is 69.3 cm³/mol. The molecule has 0 spiro atoms. The Labute approximate surface area is 110 Å². The lowest BCUT2D eigenvalue weighted by molar-refractivity contribution is 0.195. The maximum absolute atomic E-state index is 13.0. The van der Waals surface area contributed by atoms with Crippen molar-refractivity contribution in [2.45, 2.75) is 13.0 Å². The van der Waals surface area contributed by atoms with Gasteiger partial charge in [0.05, 0.1) is 6.54 Å². The smallest absolute Gasteiger partial charge is 0.206 e. The second-order valence-corrected chi connectivity index (χ2v) is 3.83. The summed E-state index contributed by atoms with van der Waals surface area (Å²) in [5.41, 5.74) is 2.97. The summed E-state index contributed by atoms with van der Waals surface area (Å²) < 4.78 is 30.6. The van der Waals surface area contributed by atoms with Gasteiger partial charge in [-0.15, -0.1) is 0 Å². The minimum Gasteiger partial charge on any atom is -0.385 e. The second-order valence-electron chi connectivity index (χ2n) is 3.83. The summed E-state index contributed by atoms with van der Waals surface area (Å²) in [6, 6.07) is 3.65. The van der Waals surface area contributed by atoms with E-state index in [1.807, 2.05) is 0 Å². The Morgan fingerprint density at radius 1 is 1.37 bits per heavy atom. The van der Waals surface area contributed by atoms with E-state index < -0.39 is 11.6 Å². The summed E-state index contributed by atoms with van der Waals surface area (Å²) in [6.45, 7) is 1.48. The van der Waals surface area contributed by atoms with Crippen LogP contribution in [0, 0.1) is 11.6 Å². The zero-order chi connectivity index (χ0) is 14.1. The van der Waals surface area contributed by atoms with Gasteiger partial charge < -0.3 is 10.1 Å². The zero-order valence-corrected chi connectivity index (χ0v) is 10.7. The van der Waals surface area contributed by atoms with E-state index in [4.69, 9.17) is 10.6 Å². The Kier molecular flexibility index (Phi) is 6.76. The van der Waals surface area contributed by atoms with Gasteiger partial charge in [-0.2, -0.15) is 0 Å². The maximum atomic E-state index is 13.0. The number of hydrazine groups is 1. The van der Waals surface area contributed by atoms with Crippen molar-refractivity contribution in [3.63, 3.8) is 0 Å². The molecular formula is C12H18F2N4O. The SMILES string of the molecule is COCCCNC(=NCc1ccc(F)c(F)c1)NN. The molecule has 0 saturated heterocycles. The molecule has 19 heavy (non-hydrogen) atoms. The monoisotopic (exact) mass is 272 g/mol. The van der Waals surface area contributed by atoms with Crippen molar-refractivity contribution in [2.75, 3.05) is 20.3 Å². The number of nitrogens with one attached hydrogen (secondary N) is 2. The number of nitrogens with two attached hydrogens (primary N) is 1.